The van der Waals surface area contributed by atoms with Crippen molar-refractivity contribution in [2.24, 2.45) is 5.41 Å². The van der Waals surface area contributed by atoms with Gasteiger partial charge in [-0.15, -0.1) is 0 Å². The van der Waals surface area contributed by atoms with Crippen LogP contribution in [0.1, 0.15) is 27.2 Å². The molecule has 0 saturated heterocycles. The number of rotatable bonds is 7. The van der Waals surface area contributed by atoms with Crippen LogP contribution in [-0.2, 0) is 14.8 Å². The maximum atomic E-state index is 14.1. The Hall–Kier alpha value is -2.37. The minimum atomic E-state index is -2.57. The van der Waals surface area contributed by atoms with Gasteiger partial charge in [0.15, 0.2) is 0 Å². The van der Waals surface area contributed by atoms with E-state index < -0.39 is 31.9 Å². The van der Waals surface area contributed by atoms with E-state index >= 15 is 0 Å². The Balaban J connectivity index is 1.74. The number of anilines is 1. The molecule has 1 aromatic carbocycles. The molecule has 1 aliphatic rings. The third-order valence-electron chi connectivity index (χ3n) is 7.26. The van der Waals surface area contributed by atoms with Gasteiger partial charge in [0.05, 0.1) is 0 Å². The predicted molar refractivity (Wildman–Crippen MR) is 134 cm³/mol. The van der Waals surface area contributed by atoms with Gasteiger partial charge in [-0.3, -0.25) is 0 Å². The van der Waals surface area contributed by atoms with Crippen LogP contribution in [0, 0.1) is 17.8 Å². The molecule has 33 heavy (non-hydrogen) atoms. The molecule has 7 nitrogen and oxygen atoms in total. The van der Waals surface area contributed by atoms with E-state index in [0.717, 1.165) is 4.46 Å². The van der Waals surface area contributed by atoms with Crippen molar-refractivity contribution < 1.29 is 8.26 Å². The van der Waals surface area contributed by atoms with Crippen LogP contribution in [0.4, 0.5) is 5.82 Å². The van der Waals surface area contributed by atoms with Gasteiger partial charge in [0.1, 0.15) is 0 Å². The summed E-state index contributed by atoms with van der Waals surface area (Å²) >= 11 is -2.57. The molecule has 3 aromatic rings. The van der Waals surface area contributed by atoms with E-state index in [-0.39, 0.29) is 5.04 Å². The number of aromatic nitrogens is 4. The molecule has 0 amide bonds. The fourth-order valence-corrected chi connectivity index (χ4v) is 9.10. The number of terminal acetylenes is 1. The van der Waals surface area contributed by atoms with E-state index in [0.29, 0.717) is 36.6 Å². The van der Waals surface area contributed by atoms with E-state index in [1.807, 2.05) is 34.9 Å². The summed E-state index contributed by atoms with van der Waals surface area (Å²) in [6, 6.07) is 9.63. The van der Waals surface area contributed by atoms with Crippen molar-refractivity contribution in [3.63, 3.8) is 0 Å². The van der Waals surface area contributed by atoms with Gasteiger partial charge >= 0.3 is 201 Å². The number of nitrogen functional groups attached to an aromatic ring is 1. The Bertz CT molecular complexity index is 1250. The topological polar surface area (TPSA) is 95.9 Å². The predicted octanol–water partition coefficient (Wildman–Crippen LogP) is 3.52. The van der Waals surface area contributed by atoms with Crippen LogP contribution in [0.15, 0.2) is 43.0 Å². The van der Waals surface area contributed by atoms with Crippen LogP contribution >= 0.6 is 0 Å². The molecule has 3 unspecified atom stereocenters. The first-order chi connectivity index (χ1) is 15.5. The van der Waals surface area contributed by atoms with Crippen molar-refractivity contribution in [3.8, 4) is 12.3 Å². The molecule has 0 bridgehead atoms. The summed E-state index contributed by atoms with van der Waals surface area (Å²) in [7, 11) is -2.04. The normalized spacial score (nSPS) is 23.9. The molecule has 0 spiro atoms. The average molecular weight is 529 g/mol. The quantitative estimate of drug-likeness (QED) is 0.373. The molecule has 0 aliphatic heterocycles. The summed E-state index contributed by atoms with van der Waals surface area (Å²) in [6.45, 7) is 11.9. The average Bonchev–Trinajstić information content (AvgIpc) is 3.25. The monoisotopic (exact) mass is 529 g/mol. The van der Waals surface area contributed by atoms with Gasteiger partial charge in [-0.2, -0.15) is 0 Å². The van der Waals surface area contributed by atoms with Crippen molar-refractivity contribution in [2.75, 3.05) is 12.3 Å². The third kappa shape index (κ3) is 3.95. The Labute approximate surface area is 200 Å². The number of nitrogens with two attached hydrogens (primary N) is 1. The molecular weight excluding hydrogens is 497 g/mol. The van der Waals surface area contributed by atoms with Crippen LogP contribution in [0.3, 0.4) is 0 Å². The van der Waals surface area contributed by atoms with E-state index in [1.54, 1.807) is 6.33 Å². The molecule has 3 atom stereocenters. The van der Waals surface area contributed by atoms with Gasteiger partial charge in [0.25, 0.3) is 0 Å². The van der Waals surface area contributed by atoms with Crippen LogP contribution in [0.25, 0.3) is 11.2 Å². The standard InChI is InChI=1S/C24H31N5O2SeSi/c1-7-23(15-31-33(5,6)22(2,3)4)13-24(23,32(30)18-11-9-8-10-12-18)14-29-17-28-19-20(25)26-16-27-21(19)29/h1,8-12,16-17H,13-15H2,2-6H3,(H2,25,26,27). The van der Waals surface area contributed by atoms with Crippen molar-refractivity contribution >= 4 is 43.6 Å². The number of benzene rings is 1. The first-order valence-corrected chi connectivity index (χ1v) is 16.3. The number of nitrogens with zero attached hydrogens (tertiary/aromatic N) is 4. The van der Waals surface area contributed by atoms with Crippen LogP contribution in [0.5, 0.6) is 0 Å². The number of hydrogen-bond acceptors (Lipinski definition) is 6. The van der Waals surface area contributed by atoms with Crippen molar-refractivity contribution in [1.82, 2.24) is 19.5 Å². The van der Waals surface area contributed by atoms with E-state index in [9.17, 15) is 3.83 Å². The fourth-order valence-electron chi connectivity index (χ4n) is 3.94. The molecule has 1 saturated carbocycles. The fraction of sp³-hybridized carbons (Fsp3) is 0.458. The molecule has 0 radical (unpaired) electrons. The minimum absolute atomic E-state index is 0.0575. The molecule has 1 fully saturated rings. The van der Waals surface area contributed by atoms with Crippen LogP contribution in [0.2, 0.25) is 22.4 Å². The molecule has 174 valence electrons. The summed E-state index contributed by atoms with van der Waals surface area (Å²) in [5, 5.41) is 0.0575. The molecular formula is C24H31N5O2SeSi. The first-order valence-electron chi connectivity index (χ1n) is 11.0. The summed E-state index contributed by atoms with van der Waals surface area (Å²) in [5.41, 5.74) is 6.54. The third-order valence-corrected chi connectivity index (χ3v) is 16.1. The van der Waals surface area contributed by atoms with Crippen molar-refractivity contribution in [2.45, 2.75) is 56.2 Å². The van der Waals surface area contributed by atoms with Gasteiger partial charge in [0.2, 0.25) is 0 Å². The Morgan fingerprint density at radius 1 is 1.24 bits per heavy atom. The zero-order chi connectivity index (χ0) is 24.1. The number of fused-ring (bicyclic) bond motifs is 1. The number of hydrogen-bond donors (Lipinski definition) is 1. The molecule has 2 heterocycles. The van der Waals surface area contributed by atoms with Gasteiger partial charge in [-0.05, 0) is 0 Å². The second kappa shape index (κ2) is 8.14. The molecule has 2 aromatic heterocycles. The molecule has 4 rings (SSSR count). The summed E-state index contributed by atoms with van der Waals surface area (Å²) in [5.74, 6) is 3.35. The van der Waals surface area contributed by atoms with Gasteiger partial charge in [-0.25, -0.2) is 0 Å². The van der Waals surface area contributed by atoms with E-state index in [4.69, 9.17) is 16.6 Å². The second-order valence-corrected chi connectivity index (χ2v) is 18.9. The van der Waals surface area contributed by atoms with Gasteiger partial charge in [-0.1, -0.05) is 0 Å². The van der Waals surface area contributed by atoms with Crippen LogP contribution < -0.4 is 10.2 Å². The Morgan fingerprint density at radius 3 is 2.58 bits per heavy atom. The molecule has 9 heteroatoms. The summed E-state index contributed by atoms with van der Waals surface area (Å²) in [4.78, 5) is 12.8. The van der Waals surface area contributed by atoms with Crippen molar-refractivity contribution in [1.29, 1.82) is 0 Å². The molecule has 2 N–H and O–H groups in total. The van der Waals surface area contributed by atoms with Crippen LogP contribution in [-0.4, -0.2) is 48.3 Å². The maximum absolute atomic E-state index is 14.1. The van der Waals surface area contributed by atoms with E-state index in [1.165, 1.54) is 6.33 Å². The Morgan fingerprint density at radius 2 is 1.94 bits per heavy atom. The SMILES string of the molecule is C#CC1(CO[Si](C)(C)C(C)(C)C)CC1(Cn1cnc2c(N)ncnc21)[Se](=O)c1ccccc1. The molecule has 1 aliphatic carbocycles. The Kier molecular flexibility index (Phi) is 5.86. The summed E-state index contributed by atoms with van der Waals surface area (Å²) < 4.78 is 22.9. The first kappa shape index (κ1) is 23.8. The summed E-state index contributed by atoms with van der Waals surface area (Å²) in [6.07, 6.45) is 9.91. The van der Waals surface area contributed by atoms with E-state index in [2.05, 4.69) is 54.7 Å². The zero-order valence-corrected chi connectivity index (χ0v) is 22.5. The zero-order valence-electron chi connectivity index (χ0n) is 19.8. The second-order valence-electron chi connectivity index (χ2n) is 10.3. The van der Waals surface area contributed by atoms with Gasteiger partial charge in [0, 0.05) is 0 Å². The van der Waals surface area contributed by atoms with Gasteiger partial charge < -0.3 is 0 Å². The van der Waals surface area contributed by atoms with Crippen molar-refractivity contribution in [3.05, 3.63) is 43.0 Å². The number of imidazole rings is 1.